The van der Waals surface area contributed by atoms with Crippen LogP contribution in [0.4, 0.5) is 5.82 Å². The molecule has 0 aliphatic heterocycles. The highest BCUT2D eigenvalue weighted by Gasteiger charge is 2.01. The summed E-state index contributed by atoms with van der Waals surface area (Å²) in [6.45, 7) is 0.664. The van der Waals surface area contributed by atoms with Gasteiger partial charge in [-0.05, 0) is 18.2 Å². The summed E-state index contributed by atoms with van der Waals surface area (Å²) in [5.41, 5.74) is 2.04. The summed E-state index contributed by atoms with van der Waals surface area (Å²) in [5.74, 6) is 0.858. The molecule has 0 spiro atoms. The van der Waals surface area contributed by atoms with E-state index in [1.165, 1.54) is 0 Å². The van der Waals surface area contributed by atoms with Crippen molar-refractivity contribution in [3.8, 4) is 5.69 Å². The van der Waals surface area contributed by atoms with Crippen molar-refractivity contribution >= 4 is 5.82 Å². The van der Waals surface area contributed by atoms with Gasteiger partial charge in [0.25, 0.3) is 0 Å². The van der Waals surface area contributed by atoms with Crippen LogP contribution in [-0.4, -0.2) is 19.6 Å². The van der Waals surface area contributed by atoms with Crippen LogP contribution in [0.15, 0.2) is 54.9 Å². The van der Waals surface area contributed by atoms with Gasteiger partial charge in [0.05, 0.1) is 17.9 Å². The molecule has 0 radical (unpaired) electrons. The number of aromatic nitrogens is 4. The van der Waals surface area contributed by atoms with Gasteiger partial charge in [-0.25, -0.2) is 4.68 Å². The Kier molecular flexibility index (Phi) is 3.02. The Balaban J connectivity index is 1.68. The third kappa shape index (κ3) is 2.65. The maximum atomic E-state index is 4.52. The summed E-state index contributed by atoms with van der Waals surface area (Å²) in [4.78, 5) is 0. The zero-order chi connectivity index (χ0) is 13.1. The number of rotatable bonds is 4. The van der Waals surface area contributed by atoms with Gasteiger partial charge in [-0.2, -0.15) is 10.2 Å². The van der Waals surface area contributed by atoms with Gasteiger partial charge in [0.1, 0.15) is 5.82 Å². The minimum Gasteiger partial charge on any atom is -0.363 e. The molecule has 3 aromatic rings. The Morgan fingerprint density at radius 3 is 2.58 bits per heavy atom. The molecule has 0 aliphatic rings. The van der Waals surface area contributed by atoms with Gasteiger partial charge >= 0.3 is 0 Å². The summed E-state index contributed by atoms with van der Waals surface area (Å²) < 4.78 is 3.64. The van der Waals surface area contributed by atoms with E-state index in [9.17, 15) is 0 Å². The average molecular weight is 253 g/mol. The second-order valence-electron chi connectivity index (χ2n) is 4.32. The van der Waals surface area contributed by atoms with Crippen LogP contribution in [0.5, 0.6) is 0 Å². The van der Waals surface area contributed by atoms with Crippen molar-refractivity contribution in [3.63, 3.8) is 0 Å². The normalized spacial score (nSPS) is 10.6. The van der Waals surface area contributed by atoms with Gasteiger partial charge in [0, 0.05) is 25.5 Å². The number of benzene rings is 1. The number of anilines is 1. The van der Waals surface area contributed by atoms with Crippen LogP contribution in [0, 0.1) is 0 Å². The molecule has 0 aliphatic carbocycles. The average Bonchev–Trinajstić information content (AvgIpc) is 3.06. The third-order valence-corrected chi connectivity index (χ3v) is 2.83. The molecular formula is C14H15N5. The Bertz CT molecular complexity index is 653. The molecule has 3 rings (SSSR count). The molecule has 0 bridgehead atoms. The predicted octanol–water partition coefficient (Wildman–Crippen LogP) is 2.22. The Morgan fingerprint density at radius 2 is 1.84 bits per heavy atom. The predicted molar refractivity (Wildman–Crippen MR) is 74.1 cm³/mol. The van der Waals surface area contributed by atoms with E-state index in [1.54, 1.807) is 4.68 Å². The molecule has 0 saturated carbocycles. The molecule has 0 amide bonds. The molecular weight excluding hydrogens is 238 g/mol. The molecule has 0 fully saturated rings. The SMILES string of the molecule is Cn1ccc(NCc2ccn(-c3ccccc3)n2)n1. The highest BCUT2D eigenvalue weighted by atomic mass is 15.3. The van der Waals surface area contributed by atoms with Crippen LogP contribution in [0.3, 0.4) is 0 Å². The monoisotopic (exact) mass is 253 g/mol. The number of aryl methyl sites for hydroxylation is 1. The Labute approximate surface area is 111 Å². The molecule has 5 heteroatoms. The highest BCUT2D eigenvalue weighted by Crippen LogP contribution is 2.08. The first-order valence-corrected chi connectivity index (χ1v) is 6.15. The molecule has 0 atom stereocenters. The lowest BCUT2D eigenvalue weighted by atomic mass is 10.3. The number of hydrogen-bond acceptors (Lipinski definition) is 3. The fourth-order valence-corrected chi connectivity index (χ4v) is 1.87. The lowest BCUT2D eigenvalue weighted by molar-refractivity contribution is 0.766. The summed E-state index contributed by atoms with van der Waals surface area (Å²) in [6.07, 6.45) is 3.87. The Hall–Kier alpha value is -2.56. The van der Waals surface area contributed by atoms with E-state index in [0.29, 0.717) is 6.54 Å². The standard InChI is InChI=1S/C14H15N5/c1-18-9-8-14(17-18)15-11-12-7-10-19(16-12)13-5-3-2-4-6-13/h2-10H,11H2,1H3,(H,15,17). The number of nitrogens with one attached hydrogen (secondary N) is 1. The number of nitrogens with zero attached hydrogens (tertiary/aromatic N) is 4. The third-order valence-electron chi connectivity index (χ3n) is 2.83. The second-order valence-corrected chi connectivity index (χ2v) is 4.32. The summed E-state index contributed by atoms with van der Waals surface area (Å²) in [6, 6.07) is 14.0. The molecule has 2 heterocycles. The largest absolute Gasteiger partial charge is 0.363 e. The molecule has 96 valence electrons. The van der Waals surface area contributed by atoms with Crippen molar-refractivity contribution in [1.82, 2.24) is 19.6 Å². The molecule has 0 saturated heterocycles. The van der Waals surface area contributed by atoms with Crippen molar-refractivity contribution in [2.75, 3.05) is 5.32 Å². The minimum atomic E-state index is 0.664. The second kappa shape index (κ2) is 4.97. The van der Waals surface area contributed by atoms with Gasteiger partial charge in [-0.3, -0.25) is 4.68 Å². The molecule has 1 N–H and O–H groups in total. The lowest BCUT2D eigenvalue weighted by Crippen LogP contribution is -2.03. The van der Waals surface area contributed by atoms with Gasteiger partial charge in [0.15, 0.2) is 0 Å². The fraction of sp³-hybridized carbons (Fsp3) is 0.143. The first-order valence-electron chi connectivity index (χ1n) is 6.15. The van der Waals surface area contributed by atoms with Crippen molar-refractivity contribution in [3.05, 3.63) is 60.6 Å². The summed E-state index contributed by atoms with van der Waals surface area (Å²) >= 11 is 0. The quantitative estimate of drug-likeness (QED) is 0.775. The van der Waals surface area contributed by atoms with Crippen LogP contribution in [0.2, 0.25) is 0 Å². The first kappa shape index (κ1) is 11.5. The number of para-hydroxylation sites is 1. The van der Waals surface area contributed by atoms with Gasteiger partial charge in [0.2, 0.25) is 0 Å². The summed E-state index contributed by atoms with van der Waals surface area (Å²) in [7, 11) is 1.90. The van der Waals surface area contributed by atoms with E-state index in [0.717, 1.165) is 17.2 Å². The lowest BCUT2D eigenvalue weighted by Gasteiger charge is -2.01. The Morgan fingerprint density at radius 1 is 1.00 bits per heavy atom. The van der Waals surface area contributed by atoms with E-state index >= 15 is 0 Å². The smallest absolute Gasteiger partial charge is 0.148 e. The maximum Gasteiger partial charge on any atom is 0.148 e. The number of hydrogen-bond donors (Lipinski definition) is 1. The van der Waals surface area contributed by atoms with Crippen LogP contribution < -0.4 is 5.32 Å². The highest BCUT2D eigenvalue weighted by molar-refractivity contribution is 5.34. The van der Waals surface area contributed by atoms with Gasteiger partial charge in [-0.1, -0.05) is 18.2 Å². The van der Waals surface area contributed by atoms with Crippen molar-refractivity contribution in [2.45, 2.75) is 6.54 Å². The van der Waals surface area contributed by atoms with Crippen molar-refractivity contribution in [1.29, 1.82) is 0 Å². The maximum absolute atomic E-state index is 4.52. The van der Waals surface area contributed by atoms with E-state index in [2.05, 4.69) is 15.5 Å². The zero-order valence-corrected chi connectivity index (χ0v) is 10.7. The fourth-order valence-electron chi connectivity index (χ4n) is 1.87. The molecule has 19 heavy (non-hydrogen) atoms. The van der Waals surface area contributed by atoms with Crippen LogP contribution >= 0.6 is 0 Å². The zero-order valence-electron chi connectivity index (χ0n) is 10.7. The van der Waals surface area contributed by atoms with Gasteiger partial charge in [-0.15, -0.1) is 0 Å². The topological polar surface area (TPSA) is 47.7 Å². The minimum absolute atomic E-state index is 0.664. The van der Waals surface area contributed by atoms with E-state index in [1.807, 2.05) is 66.6 Å². The van der Waals surface area contributed by atoms with Crippen LogP contribution in [-0.2, 0) is 13.6 Å². The molecule has 0 unspecified atom stereocenters. The molecule has 1 aromatic carbocycles. The van der Waals surface area contributed by atoms with Crippen molar-refractivity contribution < 1.29 is 0 Å². The van der Waals surface area contributed by atoms with Crippen LogP contribution in [0.25, 0.3) is 5.69 Å². The van der Waals surface area contributed by atoms with Crippen molar-refractivity contribution in [2.24, 2.45) is 7.05 Å². The molecule has 2 aromatic heterocycles. The van der Waals surface area contributed by atoms with Crippen LogP contribution in [0.1, 0.15) is 5.69 Å². The van der Waals surface area contributed by atoms with E-state index < -0.39 is 0 Å². The van der Waals surface area contributed by atoms with Gasteiger partial charge < -0.3 is 5.32 Å². The molecule has 5 nitrogen and oxygen atoms in total. The van der Waals surface area contributed by atoms with E-state index in [-0.39, 0.29) is 0 Å². The first-order chi connectivity index (χ1) is 9.31. The summed E-state index contributed by atoms with van der Waals surface area (Å²) in [5, 5.41) is 12.0. The van der Waals surface area contributed by atoms with E-state index in [4.69, 9.17) is 0 Å².